The fraction of sp³-hybridized carbons (Fsp3) is 0.188. The highest BCUT2D eigenvalue weighted by Gasteiger charge is 2.15. The van der Waals surface area contributed by atoms with Gasteiger partial charge in [0.25, 0.3) is 0 Å². The first kappa shape index (κ1) is 17.2. The van der Waals surface area contributed by atoms with Gasteiger partial charge in [-0.2, -0.15) is 0 Å². The summed E-state index contributed by atoms with van der Waals surface area (Å²) in [6.07, 6.45) is 3.28. The normalized spacial score (nSPS) is 10.2. The Kier molecular flexibility index (Phi) is 5.96. The summed E-state index contributed by atoms with van der Waals surface area (Å²) in [5.41, 5.74) is 1.31. The van der Waals surface area contributed by atoms with Gasteiger partial charge < -0.3 is 10.2 Å². The third-order valence-corrected chi connectivity index (χ3v) is 3.95. The molecule has 0 radical (unpaired) electrons. The number of pyridine rings is 1. The second kappa shape index (κ2) is 7.94. The van der Waals surface area contributed by atoms with Crippen molar-refractivity contribution in [3.05, 3.63) is 58.3 Å². The van der Waals surface area contributed by atoms with Crippen LogP contribution >= 0.6 is 23.2 Å². The zero-order valence-corrected chi connectivity index (χ0v) is 13.9. The van der Waals surface area contributed by atoms with Crippen LogP contribution in [-0.2, 0) is 16.1 Å². The number of benzene rings is 1. The van der Waals surface area contributed by atoms with Crippen LogP contribution < -0.4 is 5.32 Å². The van der Waals surface area contributed by atoms with Gasteiger partial charge in [-0.3, -0.25) is 14.6 Å². The van der Waals surface area contributed by atoms with Crippen LogP contribution in [0.5, 0.6) is 0 Å². The highest BCUT2D eigenvalue weighted by atomic mass is 35.5. The molecule has 0 aliphatic heterocycles. The molecule has 0 fully saturated rings. The van der Waals surface area contributed by atoms with E-state index in [-0.39, 0.29) is 23.4 Å². The van der Waals surface area contributed by atoms with E-state index >= 15 is 0 Å². The van der Waals surface area contributed by atoms with Crippen molar-refractivity contribution in [2.45, 2.75) is 13.5 Å². The lowest BCUT2D eigenvalue weighted by Crippen LogP contribution is -2.36. The predicted octanol–water partition coefficient (Wildman–Crippen LogP) is 3.38. The van der Waals surface area contributed by atoms with Crippen molar-refractivity contribution in [1.29, 1.82) is 0 Å². The maximum atomic E-state index is 12.2. The Morgan fingerprint density at radius 2 is 1.87 bits per heavy atom. The standard InChI is InChI=1S/C16H15Cl2N3O2/c1-11(22)21(9-12-5-7-19-8-6-12)10-15(23)20-14-4-2-3-13(17)16(14)18/h2-8H,9-10H2,1H3,(H,20,23). The van der Waals surface area contributed by atoms with Crippen LogP contribution in [0.1, 0.15) is 12.5 Å². The van der Waals surface area contributed by atoms with Gasteiger partial charge in [0.1, 0.15) is 6.54 Å². The fourth-order valence-corrected chi connectivity index (χ4v) is 2.30. The van der Waals surface area contributed by atoms with Crippen LogP contribution in [0.15, 0.2) is 42.7 Å². The number of carbonyl (C=O) groups excluding carboxylic acids is 2. The van der Waals surface area contributed by atoms with Gasteiger partial charge in [0.05, 0.1) is 15.7 Å². The summed E-state index contributed by atoms with van der Waals surface area (Å²) < 4.78 is 0. The Bertz CT molecular complexity index is 708. The summed E-state index contributed by atoms with van der Waals surface area (Å²) in [4.78, 5) is 29.3. The molecule has 1 N–H and O–H groups in total. The van der Waals surface area contributed by atoms with Crippen LogP contribution in [0.25, 0.3) is 0 Å². The topological polar surface area (TPSA) is 62.3 Å². The summed E-state index contributed by atoms with van der Waals surface area (Å²) in [6, 6.07) is 8.55. The van der Waals surface area contributed by atoms with E-state index in [0.717, 1.165) is 5.56 Å². The van der Waals surface area contributed by atoms with Crippen LogP contribution in [0.2, 0.25) is 10.0 Å². The molecule has 0 aliphatic rings. The minimum atomic E-state index is -0.349. The Hall–Kier alpha value is -2.11. The quantitative estimate of drug-likeness (QED) is 0.897. The molecule has 0 spiro atoms. The van der Waals surface area contributed by atoms with E-state index in [4.69, 9.17) is 23.2 Å². The minimum Gasteiger partial charge on any atom is -0.329 e. The smallest absolute Gasteiger partial charge is 0.244 e. The number of aromatic nitrogens is 1. The van der Waals surface area contributed by atoms with Gasteiger partial charge in [-0.15, -0.1) is 0 Å². The third kappa shape index (κ3) is 4.94. The molecule has 7 heteroatoms. The summed E-state index contributed by atoms with van der Waals surface area (Å²) in [5, 5.41) is 3.28. The van der Waals surface area contributed by atoms with Gasteiger partial charge in [0.15, 0.2) is 0 Å². The molecule has 1 aromatic heterocycles. The maximum absolute atomic E-state index is 12.2. The molecule has 0 atom stereocenters. The van der Waals surface area contributed by atoms with Crippen molar-refractivity contribution in [1.82, 2.24) is 9.88 Å². The van der Waals surface area contributed by atoms with E-state index in [0.29, 0.717) is 17.3 Å². The monoisotopic (exact) mass is 351 g/mol. The van der Waals surface area contributed by atoms with Crippen LogP contribution in [0.4, 0.5) is 5.69 Å². The van der Waals surface area contributed by atoms with Crippen LogP contribution in [-0.4, -0.2) is 28.2 Å². The van der Waals surface area contributed by atoms with Gasteiger partial charge in [-0.05, 0) is 29.8 Å². The summed E-state index contributed by atoms with van der Waals surface area (Å²) >= 11 is 11.9. The number of hydrogen-bond donors (Lipinski definition) is 1. The second-order valence-electron chi connectivity index (χ2n) is 4.88. The van der Waals surface area contributed by atoms with E-state index in [9.17, 15) is 9.59 Å². The zero-order chi connectivity index (χ0) is 16.8. The van der Waals surface area contributed by atoms with E-state index in [1.54, 1.807) is 42.7 Å². The lowest BCUT2D eigenvalue weighted by molar-refractivity contribution is -0.133. The lowest BCUT2D eigenvalue weighted by atomic mass is 10.2. The largest absolute Gasteiger partial charge is 0.329 e. The molecule has 2 rings (SSSR count). The second-order valence-corrected chi connectivity index (χ2v) is 5.67. The highest BCUT2D eigenvalue weighted by Crippen LogP contribution is 2.29. The number of anilines is 1. The Morgan fingerprint density at radius 1 is 1.17 bits per heavy atom. The maximum Gasteiger partial charge on any atom is 0.244 e. The van der Waals surface area contributed by atoms with Crippen LogP contribution in [0.3, 0.4) is 0 Å². The van der Waals surface area contributed by atoms with E-state index in [1.165, 1.54) is 11.8 Å². The molecule has 5 nitrogen and oxygen atoms in total. The van der Waals surface area contributed by atoms with E-state index in [1.807, 2.05) is 0 Å². The van der Waals surface area contributed by atoms with Crippen molar-refractivity contribution in [3.63, 3.8) is 0 Å². The Morgan fingerprint density at radius 3 is 2.52 bits per heavy atom. The zero-order valence-electron chi connectivity index (χ0n) is 12.4. The number of amides is 2. The molecule has 0 bridgehead atoms. The molecule has 0 aliphatic carbocycles. The Balaban J connectivity index is 2.03. The van der Waals surface area contributed by atoms with Crippen molar-refractivity contribution in [3.8, 4) is 0 Å². The van der Waals surface area contributed by atoms with Gasteiger partial charge in [-0.1, -0.05) is 29.3 Å². The first-order valence-corrected chi connectivity index (χ1v) is 7.61. The third-order valence-electron chi connectivity index (χ3n) is 3.13. The molecular weight excluding hydrogens is 337 g/mol. The summed E-state index contributed by atoms with van der Waals surface area (Å²) in [6.45, 7) is 1.66. The molecule has 0 unspecified atom stereocenters. The molecular formula is C16H15Cl2N3O2. The molecule has 2 aromatic rings. The van der Waals surface area contributed by atoms with Gasteiger partial charge in [-0.25, -0.2) is 0 Å². The molecule has 0 saturated carbocycles. The molecule has 1 aromatic carbocycles. The lowest BCUT2D eigenvalue weighted by Gasteiger charge is -2.20. The number of halogens is 2. The Labute approximate surface area is 144 Å². The van der Waals surface area contributed by atoms with Crippen molar-refractivity contribution < 1.29 is 9.59 Å². The predicted molar refractivity (Wildman–Crippen MR) is 90.4 cm³/mol. The molecule has 1 heterocycles. The summed E-state index contributed by atoms with van der Waals surface area (Å²) in [7, 11) is 0. The first-order valence-electron chi connectivity index (χ1n) is 6.85. The minimum absolute atomic E-state index is 0.0828. The average molecular weight is 352 g/mol. The van der Waals surface area contributed by atoms with Crippen molar-refractivity contribution >= 4 is 40.7 Å². The van der Waals surface area contributed by atoms with Gasteiger partial charge >= 0.3 is 0 Å². The van der Waals surface area contributed by atoms with Gasteiger partial charge in [0, 0.05) is 25.9 Å². The molecule has 0 saturated heterocycles. The van der Waals surface area contributed by atoms with Crippen LogP contribution in [0, 0.1) is 0 Å². The van der Waals surface area contributed by atoms with E-state index < -0.39 is 0 Å². The van der Waals surface area contributed by atoms with Crippen molar-refractivity contribution in [2.24, 2.45) is 0 Å². The molecule has 120 valence electrons. The summed E-state index contributed by atoms with van der Waals surface area (Å²) in [5.74, 6) is -0.549. The average Bonchev–Trinajstić information content (AvgIpc) is 2.52. The number of nitrogens with one attached hydrogen (secondary N) is 1. The molecule has 23 heavy (non-hydrogen) atoms. The molecule has 2 amide bonds. The first-order chi connectivity index (χ1) is 11.0. The number of rotatable bonds is 5. The number of nitrogens with zero attached hydrogens (tertiary/aromatic N) is 2. The number of hydrogen-bond acceptors (Lipinski definition) is 3. The number of carbonyl (C=O) groups is 2. The van der Waals surface area contributed by atoms with Crippen molar-refractivity contribution in [2.75, 3.05) is 11.9 Å². The van der Waals surface area contributed by atoms with Gasteiger partial charge in [0.2, 0.25) is 11.8 Å². The highest BCUT2D eigenvalue weighted by molar-refractivity contribution is 6.44. The van der Waals surface area contributed by atoms with E-state index in [2.05, 4.69) is 10.3 Å². The fourth-order valence-electron chi connectivity index (χ4n) is 1.95. The SMILES string of the molecule is CC(=O)N(CC(=O)Nc1cccc(Cl)c1Cl)Cc1ccncc1.